The van der Waals surface area contributed by atoms with Crippen molar-refractivity contribution in [3.05, 3.63) is 91.9 Å². The second-order valence-corrected chi connectivity index (χ2v) is 16.5. The summed E-state index contributed by atoms with van der Waals surface area (Å²) in [6.07, 6.45) is -4.22. The van der Waals surface area contributed by atoms with E-state index in [-0.39, 0.29) is 5.69 Å². The molecular formula is C44H53N5O10. The fourth-order valence-electron chi connectivity index (χ4n) is 8.52. The Kier molecular flexibility index (Phi) is 11.0. The number of nitrogens with one attached hydrogen (secondary N) is 1. The number of benzene rings is 2. The van der Waals surface area contributed by atoms with E-state index >= 15 is 0 Å². The first-order valence-electron chi connectivity index (χ1n) is 20.1. The Balaban J connectivity index is 1.20. The fourth-order valence-corrected chi connectivity index (χ4v) is 8.52. The molecule has 0 spiro atoms. The minimum atomic E-state index is -1.19. The van der Waals surface area contributed by atoms with Gasteiger partial charge in [0, 0.05) is 99.2 Å². The predicted molar refractivity (Wildman–Crippen MR) is 223 cm³/mol. The number of rotatable bonds is 9. The molecule has 3 aromatic heterocycles. The highest BCUT2D eigenvalue weighted by Gasteiger charge is 2.55. The van der Waals surface area contributed by atoms with E-state index in [1.54, 1.807) is 18.2 Å². The average Bonchev–Trinajstić information content (AvgIpc) is 3.64. The zero-order chi connectivity index (χ0) is 41.7. The molecule has 1 N–H and O–H groups in total. The molecule has 15 nitrogen and oxygen atoms in total. The third kappa shape index (κ3) is 7.91. The summed E-state index contributed by atoms with van der Waals surface area (Å²) in [6, 6.07) is 13.9. The van der Waals surface area contributed by atoms with Crippen molar-refractivity contribution >= 4 is 39.3 Å². The number of fused-ring (bicyclic) bond motifs is 2. The lowest BCUT2D eigenvalue weighted by Gasteiger charge is -2.48. The molecule has 4 atom stereocenters. The molecule has 0 bridgehead atoms. The number of hydrogen-bond acceptors (Lipinski definition) is 14. The third-order valence-corrected chi connectivity index (χ3v) is 11.9. The number of aryl methyl sites for hydroxylation is 3. The lowest BCUT2D eigenvalue weighted by atomic mass is 9.89. The second kappa shape index (κ2) is 16.0. The van der Waals surface area contributed by atoms with Crippen LogP contribution in [0.15, 0.2) is 67.0 Å². The number of piperazine rings is 2. The SMILES string of the molecule is CO[C@@H]1[C@H](OC(=O)c2ccc(C)[nH]2)[C@@H](Oc2ccc3c(N4CCN(C)CC4)cc(=O)oc3c2C)[C@@H](Oc2ccc3c(N4CCN(C)CC4)cc(=O)oc3c2C)OC1(C)C. The number of carbonyl (C=O) groups excluding carboxylic acids is 1. The Bertz CT molecular complexity index is 2480. The Hall–Kier alpha value is -5.35. The Morgan fingerprint density at radius 3 is 1.69 bits per heavy atom. The number of carbonyl (C=O) groups is 1. The summed E-state index contributed by atoms with van der Waals surface area (Å²) >= 11 is 0. The summed E-state index contributed by atoms with van der Waals surface area (Å²) in [5.41, 5.74) is 2.58. The van der Waals surface area contributed by atoms with Crippen LogP contribution in [0.1, 0.15) is 41.2 Å². The van der Waals surface area contributed by atoms with Gasteiger partial charge in [-0.05, 0) is 85.1 Å². The molecule has 0 unspecified atom stereocenters. The Morgan fingerprint density at radius 2 is 1.22 bits per heavy atom. The van der Waals surface area contributed by atoms with Crippen LogP contribution in [0.2, 0.25) is 0 Å². The van der Waals surface area contributed by atoms with Crippen LogP contribution >= 0.6 is 0 Å². The monoisotopic (exact) mass is 811 g/mol. The molecule has 0 amide bonds. The second-order valence-electron chi connectivity index (χ2n) is 16.5. The zero-order valence-electron chi connectivity index (χ0n) is 35.0. The van der Waals surface area contributed by atoms with Crippen molar-refractivity contribution in [3.8, 4) is 11.5 Å². The first-order valence-corrected chi connectivity index (χ1v) is 20.1. The van der Waals surface area contributed by atoms with Crippen LogP contribution in [0.5, 0.6) is 11.5 Å². The molecule has 0 radical (unpaired) electrons. The maximum absolute atomic E-state index is 13.8. The number of anilines is 2. The van der Waals surface area contributed by atoms with E-state index in [0.717, 1.165) is 80.2 Å². The van der Waals surface area contributed by atoms with Gasteiger partial charge in [-0.2, -0.15) is 0 Å². The first kappa shape index (κ1) is 40.4. The summed E-state index contributed by atoms with van der Waals surface area (Å²) in [5, 5.41) is 1.56. The molecule has 15 heteroatoms. The molecule has 0 aliphatic carbocycles. The molecule has 6 heterocycles. The van der Waals surface area contributed by atoms with E-state index < -0.39 is 47.4 Å². The predicted octanol–water partition coefficient (Wildman–Crippen LogP) is 4.86. The van der Waals surface area contributed by atoms with Crippen molar-refractivity contribution in [1.82, 2.24) is 14.8 Å². The van der Waals surface area contributed by atoms with Gasteiger partial charge in [0.2, 0.25) is 6.29 Å². The molecule has 3 saturated heterocycles. The fraction of sp³-hybridized carbons (Fsp3) is 0.477. The van der Waals surface area contributed by atoms with Crippen LogP contribution < -0.4 is 30.5 Å². The van der Waals surface area contributed by atoms with Gasteiger partial charge in [0.25, 0.3) is 0 Å². The first-order chi connectivity index (χ1) is 28.2. The van der Waals surface area contributed by atoms with E-state index in [1.807, 2.05) is 58.9 Å². The molecule has 3 fully saturated rings. The van der Waals surface area contributed by atoms with E-state index in [9.17, 15) is 14.4 Å². The number of H-pyrrole nitrogens is 1. The lowest BCUT2D eigenvalue weighted by molar-refractivity contribution is -0.299. The average molecular weight is 812 g/mol. The van der Waals surface area contributed by atoms with Gasteiger partial charge in [-0.1, -0.05) is 0 Å². The standard InChI is InChI=1S/C44H53N5O10/c1-25-9-12-30(45-25)42(52)58-39-40(54-33-13-10-28-31(48-19-15-46(6)16-20-48)23-35(50)56-37(28)26(33)2)43(59-44(4,5)41(39)53-8)55-34-14-11-29-32(49-21-17-47(7)18-22-49)24-36(51)57-38(29)27(34)3/h9-14,23-24,39-41,43,45H,15-22H2,1-8H3/t39-,40-,41-,43+/m1/s1. The van der Waals surface area contributed by atoms with Gasteiger partial charge >= 0.3 is 17.2 Å². The maximum atomic E-state index is 13.8. The number of hydrogen-bond donors (Lipinski definition) is 1. The molecular weight excluding hydrogens is 759 g/mol. The number of aromatic amines is 1. The number of methoxy groups -OCH3 is 1. The molecule has 2 aromatic carbocycles. The molecule has 8 rings (SSSR count). The normalized spacial score (nSPS) is 22.8. The lowest BCUT2D eigenvalue weighted by Crippen LogP contribution is -2.66. The minimum Gasteiger partial charge on any atom is -0.479 e. The molecule has 314 valence electrons. The van der Waals surface area contributed by atoms with E-state index in [4.69, 9.17) is 32.5 Å². The van der Waals surface area contributed by atoms with Crippen LogP contribution in [0.25, 0.3) is 21.9 Å². The van der Waals surface area contributed by atoms with Gasteiger partial charge in [-0.3, -0.25) is 0 Å². The van der Waals surface area contributed by atoms with Crippen molar-refractivity contribution in [3.63, 3.8) is 0 Å². The van der Waals surface area contributed by atoms with Crippen molar-refractivity contribution in [2.45, 2.75) is 64.8 Å². The summed E-state index contributed by atoms with van der Waals surface area (Å²) in [4.78, 5) is 51.9. The van der Waals surface area contributed by atoms with Crippen molar-refractivity contribution < 1.29 is 37.3 Å². The van der Waals surface area contributed by atoms with Crippen LogP contribution in [0.3, 0.4) is 0 Å². The van der Waals surface area contributed by atoms with E-state index in [1.165, 1.54) is 13.2 Å². The van der Waals surface area contributed by atoms with Gasteiger partial charge in [0.15, 0.2) is 12.2 Å². The number of nitrogens with zero attached hydrogens (tertiary/aromatic N) is 4. The summed E-state index contributed by atoms with van der Waals surface area (Å²) < 4.78 is 44.4. The van der Waals surface area contributed by atoms with Gasteiger partial charge in [0.05, 0.1) is 17.0 Å². The molecule has 5 aromatic rings. The summed E-state index contributed by atoms with van der Waals surface area (Å²) in [6.45, 7) is 15.7. The van der Waals surface area contributed by atoms with Crippen LogP contribution in [0.4, 0.5) is 11.4 Å². The van der Waals surface area contributed by atoms with Crippen molar-refractivity contribution in [2.24, 2.45) is 0 Å². The largest absolute Gasteiger partial charge is 0.479 e. The maximum Gasteiger partial charge on any atom is 0.355 e. The van der Waals surface area contributed by atoms with Gasteiger partial charge < -0.3 is 57.1 Å². The number of ether oxygens (including phenoxy) is 5. The van der Waals surface area contributed by atoms with Crippen LogP contribution in [-0.2, 0) is 14.2 Å². The summed E-state index contributed by atoms with van der Waals surface area (Å²) in [5.74, 6) is 0.126. The topological polar surface area (TPSA) is 152 Å². The quantitative estimate of drug-likeness (QED) is 0.159. The van der Waals surface area contributed by atoms with Gasteiger partial charge in [-0.15, -0.1) is 0 Å². The smallest absolute Gasteiger partial charge is 0.355 e. The van der Waals surface area contributed by atoms with Crippen molar-refractivity contribution in [1.29, 1.82) is 0 Å². The minimum absolute atomic E-state index is 0.259. The van der Waals surface area contributed by atoms with E-state index in [2.05, 4.69) is 38.7 Å². The van der Waals surface area contributed by atoms with Gasteiger partial charge in [-0.25, -0.2) is 14.4 Å². The Labute approximate surface area is 342 Å². The zero-order valence-corrected chi connectivity index (χ0v) is 35.0. The highest BCUT2D eigenvalue weighted by molar-refractivity contribution is 5.94. The van der Waals surface area contributed by atoms with E-state index in [0.29, 0.717) is 33.8 Å². The summed E-state index contributed by atoms with van der Waals surface area (Å²) in [7, 11) is 5.69. The Morgan fingerprint density at radius 1 is 0.712 bits per heavy atom. The molecule has 0 saturated carbocycles. The van der Waals surface area contributed by atoms with Crippen molar-refractivity contribution in [2.75, 3.05) is 83.4 Å². The third-order valence-electron chi connectivity index (χ3n) is 11.9. The highest BCUT2D eigenvalue weighted by Crippen LogP contribution is 2.41. The van der Waals surface area contributed by atoms with Gasteiger partial charge in [0.1, 0.15) is 34.5 Å². The van der Waals surface area contributed by atoms with Crippen LogP contribution in [-0.4, -0.2) is 125 Å². The number of likely N-dealkylation sites (N-methyl/N-ethyl adjacent to an activating group) is 2. The van der Waals surface area contributed by atoms with Crippen LogP contribution in [0, 0.1) is 20.8 Å². The number of esters is 1. The number of aromatic nitrogens is 1. The highest BCUT2D eigenvalue weighted by atomic mass is 16.7. The molecule has 3 aliphatic rings. The molecule has 59 heavy (non-hydrogen) atoms. The molecule has 3 aliphatic heterocycles.